The van der Waals surface area contributed by atoms with Crippen molar-refractivity contribution >= 4 is 5.91 Å². The van der Waals surface area contributed by atoms with E-state index in [1.165, 1.54) is 128 Å². The number of unbranched alkanes of at least 4 members (excludes halogenated alkanes) is 25. The largest absolute Gasteiger partial charge is 0.394 e. The molecule has 0 aromatic rings. The normalized spacial score (nSPS) is 21.4. The minimum atomic E-state index is -1.67. The molecule has 0 aromatic carbocycles. The van der Waals surface area contributed by atoms with Crippen molar-refractivity contribution in [3.05, 3.63) is 36.5 Å². The van der Waals surface area contributed by atoms with Crippen molar-refractivity contribution in [3.63, 3.8) is 0 Å². The Bertz CT molecular complexity index is 1120. The van der Waals surface area contributed by atoms with Gasteiger partial charge in [0.25, 0.3) is 0 Å². The summed E-state index contributed by atoms with van der Waals surface area (Å²) in [7, 11) is 0. The lowest BCUT2D eigenvalue weighted by Gasteiger charge is -2.40. The summed E-state index contributed by atoms with van der Waals surface area (Å²) in [5, 5.41) is 75.8. The van der Waals surface area contributed by atoms with Crippen LogP contribution in [0.3, 0.4) is 0 Å². The van der Waals surface area contributed by atoms with Crippen molar-refractivity contribution in [1.29, 1.82) is 0 Å². The zero-order chi connectivity index (χ0) is 46.2. The topological polar surface area (TPSA) is 189 Å². The number of amides is 1. The molecule has 1 aliphatic heterocycles. The van der Waals surface area contributed by atoms with Crippen LogP contribution in [0.2, 0.25) is 0 Å². The third-order valence-electron chi connectivity index (χ3n) is 12.4. The van der Waals surface area contributed by atoms with Crippen LogP contribution in [0.1, 0.15) is 219 Å². The Labute approximate surface area is 384 Å². The lowest BCUT2D eigenvalue weighted by atomic mass is 9.98. The standard InChI is InChI=1S/C52H97NO10/c1-3-5-7-9-11-13-15-17-19-21-22-23-24-26-28-30-32-34-36-38-40-45(56)51(61)53-43(42-62-52-50(60)49(59)48(58)46(41-54)63-52)47(57)44(55)39-37-35-33-31-29-27-25-20-18-16-14-12-10-8-6-4-2/h12,14,20,25,31,33,43-50,52,54-60H,3-11,13,15-19,21-24,26-30,32,34-42H2,1-2H3,(H,53,61)/b14-12+,25-20+,33-31+. The second-order valence-corrected chi connectivity index (χ2v) is 18.2. The average molecular weight is 896 g/mol. The Balaban J connectivity index is 2.41. The molecular weight excluding hydrogens is 799 g/mol. The van der Waals surface area contributed by atoms with E-state index in [2.05, 4.69) is 55.6 Å². The smallest absolute Gasteiger partial charge is 0.249 e. The van der Waals surface area contributed by atoms with Gasteiger partial charge in [0.05, 0.1) is 25.4 Å². The summed E-state index contributed by atoms with van der Waals surface area (Å²) in [6.07, 6.45) is 37.6. The summed E-state index contributed by atoms with van der Waals surface area (Å²) in [5.74, 6) is -0.711. The number of allylic oxidation sites excluding steroid dienone is 6. The average Bonchev–Trinajstić information content (AvgIpc) is 3.28. The van der Waals surface area contributed by atoms with Crippen molar-refractivity contribution in [1.82, 2.24) is 5.32 Å². The minimum absolute atomic E-state index is 0.242. The second-order valence-electron chi connectivity index (χ2n) is 18.2. The number of rotatable bonds is 43. The maximum Gasteiger partial charge on any atom is 0.249 e. The summed E-state index contributed by atoms with van der Waals surface area (Å²) in [6.45, 7) is 3.41. The van der Waals surface area contributed by atoms with Gasteiger partial charge in [-0.3, -0.25) is 4.79 Å². The maximum atomic E-state index is 13.1. The number of ether oxygens (including phenoxy) is 2. The molecule has 370 valence electrons. The summed E-state index contributed by atoms with van der Waals surface area (Å²) in [6, 6.07) is -1.19. The Morgan fingerprint density at radius 2 is 0.952 bits per heavy atom. The van der Waals surface area contributed by atoms with Crippen LogP contribution < -0.4 is 5.32 Å². The Hall–Kier alpha value is -1.67. The fourth-order valence-corrected chi connectivity index (χ4v) is 8.12. The van der Waals surface area contributed by atoms with E-state index in [1.807, 2.05) is 0 Å². The van der Waals surface area contributed by atoms with Crippen LogP contribution in [-0.2, 0) is 14.3 Å². The van der Waals surface area contributed by atoms with E-state index >= 15 is 0 Å². The second kappa shape index (κ2) is 41.7. The molecule has 1 fully saturated rings. The molecule has 0 radical (unpaired) electrons. The summed E-state index contributed by atoms with van der Waals surface area (Å²) in [5.41, 5.74) is 0. The number of nitrogens with one attached hydrogen (secondary N) is 1. The molecule has 0 bridgehead atoms. The number of hydrogen-bond donors (Lipinski definition) is 8. The molecule has 8 N–H and O–H groups in total. The van der Waals surface area contributed by atoms with Crippen LogP contribution in [0.25, 0.3) is 0 Å². The third kappa shape index (κ3) is 31.0. The fraction of sp³-hybridized carbons (Fsp3) is 0.865. The number of aliphatic hydroxyl groups excluding tert-OH is 7. The number of aliphatic hydroxyl groups is 7. The zero-order valence-corrected chi connectivity index (χ0v) is 40.1. The molecule has 11 nitrogen and oxygen atoms in total. The molecule has 11 heteroatoms. The molecule has 9 atom stereocenters. The molecule has 0 aromatic heterocycles. The summed E-state index contributed by atoms with van der Waals surface area (Å²) in [4.78, 5) is 13.1. The highest BCUT2D eigenvalue weighted by Crippen LogP contribution is 2.23. The van der Waals surface area contributed by atoms with Crippen LogP contribution in [0.4, 0.5) is 0 Å². The first kappa shape index (κ1) is 59.3. The van der Waals surface area contributed by atoms with Gasteiger partial charge in [0, 0.05) is 0 Å². The predicted octanol–water partition coefficient (Wildman–Crippen LogP) is 9.56. The zero-order valence-electron chi connectivity index (χ0n) is 40.1. The Morgan fingerprint density at radius 1 is 0.540 bits per heavy atom. The summed E-state index contributed by atoms with van der Waals surface area (Å²) < 4.78 is 11.1. The number of carbonyl (C=O) groups excluding carboxylic acids is 1. The third-order valence-corrected chi connectivity index (χ3v) is 12.4. The minimum Gasteiger partial charge on any atom is -0.394 e. The van der Waals surface area contributed by atoms with Crippen LogP contribution >= 0.6 is 0 Å². The molecule has 1 amide bonds. The van der Waals surface area contributed by atoms with Gasteiger partial charge in [-0.05, 0) is 64.2 Å². The van der Waals surface area contributed by atoms with Crippen molar-refractivity contribution in [2.45, 2.75) is 274 Å². The van der Waals surface area contributed by atoms with Crippen molar-refractivity contribution in [2.75, 3.05) is 13.2 Å². The highest BCUT2D eigenvalue weighted by Gasteiger charge is 2.44. The van der Waals surface area contributed by atoms with E-state index in [1.54, 1.807) is 0 Å². The first-order chi connectivity index (χ1) is 30.7. The molecule has 63 heavy (non-hydrogen) atoms. The maximum absolute atomic E-state index is 13.1. The van der Waals surface area contributed by atoms with E-state index in [-0.39, 0.29) is 12.8 Å². The molecule has 1 rings (SSSR count). The predicted molar refractivity (Wildman–Crippen MR) is 256 cm³/mol. The number of hydrogen-bond acceptors (Lipinski definition) is 10. The van der Waals surface area contributed by atoms with Gasteiger partial charge in [0.1, 0.15) is 36.6 Å². The highest BCUT2D eigenvalue weighted by molar-refractivity contribution is 5.80. The summed E-state index contributed by atoms with van der Waals surface area (Å²) >= 11 is 0. The highest BCUT2D eigenvalue weighted by atomic mass is 16.7. The van der Waals surface area contributed by atoms with Crippen LogP contribution in [0.15, 0.2) is 36.5 Å². The van der Waals surface area contributed by atoms with Gasteiger partial charge in [-0.2, -0.15) is 0 Å². The van der Waals surface area contributed by atoms with Gasteiger partial charge in [-0.25, -0.2) is 0 Å². The number of carbonyl (C=O) groups is 1. The first-order valence-corrected chi connectivity index (χ1v) is 25.9. The van der Waals surface area contributed by atoms with Gasteiger partial charge < -0.3 is 50.5 Å². The van der Waals surface area contributed by atoms with Crippen LogP contribution in [0.5, 0.6) is 0 Å². The Morgan fingerprint density at radius 3 is 1.41 bits per heavy atom. The van der Waals surface area contributed by atoms with Crippen LogP contribution in [-0.4, -0.2) is 110 Å². The van der Waals surface area contributed by atoms with Crippen molar-refractivity contribution in [3.8, 4) is 0 Å². The molecular formula is C52H97NO10. The SMILES string of the molecule is CCCCC/C=C/CC/C=C/CC/C=C/CCCC(O)C(O)C(COC1OC(CO)C(O)C(O)C1O)NC(=O)C(O)CCCCCCCCCCCCCCCCCCCCCC. The van der Waals surface area contributed by atoms with Gasteiger partial charge in [-0.1, -0.05) is 192 Å². The molecule has 1 aliphatic rings. The lowest BCUT2D eigenvalue weighted by molar-refractivity contribution is -0.303. The van der Waals surface area contributed by atoms with E-state index < -0.39 is 74.2 Å². The van der Waals surface area contributed by atoms with Gasteiger partial charge in [0.15, 0.2) is 6.29 Å². The van der Waals surface area contributed by atoms with E-state index in [4.69, 9.17) is 9.47 Å². The molecule has 1 saturated heterocycles. The van der Waals surface area contributed by atoms with E-state index in [0.29, 0.717) is 19.3 Å². The van der Waals surface area contributed by atoms with Gasteiger partial charge in [0.2, 0.25) is 5.91 Å². The molecule has 9 unspecified atom stereocenters. The molecule has 0 aliphatic carbocycles. The lowest BCUT2D eigenvalue weighted by Crippen LogP contribution is -2.60. The van der Waals surface area contributed by atoms with E-state index in [0.717, 1.165) is 44.9 Å². The molecule has 0 saturated carbocycles. The Kier molecular flexibility index (Phi) is 39.3. The fourth-order valence-electron chi connectivity index (χ4n) is 8.12. The van der Waals surface area contributed by atoms with Crippen molar-refractivity contribution in [2.24, 2.45) is 0 Å². The van der Waals surface area contributed by atoms with Crippen molar-refractivity contribution < 1.29 is 50.0 Å². The van der Waals surface area contributed by atoms with Gasteiger partial charge >= 0.3 is 0 Å². The van der Waals surface area contributed by atoms with E-state index in [9.17, 15) is 40.5 Å². The molecule has 0 spiro atoms. The quantitative estimate of drug-likeness (QED) is 0.0216. The molecule has 1 heterocycles. The van der Waals surface area contributed by atoms with Gasteiger partial charge in [-0.15, -0.1) is 0 Å². The van der Waals surface area contributed by atoms with Crippen LogP contribution in [0, 0.1) is 0 Å². The monoisotopic (exact) mass is 896 g/mol. The first-order valence-electron chi connectivity index (χ1n) is 25.9.